The number of aryl methyl sites for hydroxylation is 2. The van der Waals surface area contributed by atoms with Gasteiger partial charge in [-0.2, -0.15) is 0 Å². The van der Waals surface area contributed by atoms with Gasteiger partial charge in [0.1, 0.15) is 5.58 Å². The van der Waals surface area contributed by atoms with Crippen LogP contribution in [-0.4, -0.2) is 27.9 Å². The van der Waals surface area contributed by atoms with Crippen LogP contribution in [0.4, 0.5) is 5.69 Å². The van der Waals surface area contributed by atoms with E-state index < -0.39 is 10.0 Å². The fraction of sp³-hybridized carbons (Fsp3) is 0.286. The number of nitrogens with one attached hydrogen (secondary N) is 1. The lowest BCUT2D eigenvalue weighted by atomic mass is 10.0. The summed E-state index contributed by atoms with van der Waals surface area (Å²) in [6.07, 6.45) is 2.54. The van der Waals surface area contributed by atoms with Crippen LogP contribution >= 0.6 is 0 Å². The third kappa shape index (κ3) is 3.00. The van der Waals surface area contributed by atoms with Crippen molar-refractivity contribution < 1.29 is 17.6 Å². The van der Waals surface area contributed by atoms with Gasteiger partial charge in [0.25, 0.3) is 0 Å². The van der Waals surface area contributed by atoms with Gasteiger partial charge in [-0.1, -0.05) is 12.1 Å². The van der Waals surface area contributed by atoms with E-state index in [1.807, 2.05) is 26.0 Å². The zero-order chi connectivity index (χ0) is 20.1. The predicted octanol–water partition coefficient (Wildman–Crippen LogP) is 3.09. The van der Waals surface area contributed by atoms with E-state index in [1.165, 1.54) is 13.1 Å². The number of nitrogens with zero attached hydrogens (tertiary/aromatic N) is 1. The zero-order valence-corrected chi connectivity index (χ0v) is 16.9. The second-order valence-corrected chi connectivity index (χ2v) is 9.00. The van der Waals surface area contributed by atoms with Crippen LogP contribution in [-0.2, 0) is 27.7 Å². The predicted molar refractivity (Wildman–Crippen MR) is 108 cm³/mol. The molecule has 3 aromatic rings. The molecule has 2 aromatic carbocycles. The molecule has 28 heavy (non-hydrogen) atoms. The number of rotatable bonds is 4. The smallest absolute Gasteiger partial charge is 0.240 e. The highest BCUT2D eigenvalue weighted by Crippen LogP contribution is 2.32. The van der Waals surface area contributed by atoms with Crippen molar-refractivity contribution in [1.82, 2.24) is 4.72 Å². The molecule has 0 spiro atoms. The van der Waals surface area contributed by atoms with E-state index in [4.69, 9.17) is 4.42 Å². The second-order valence-electron chi connectivity index (χ2n) is 7.12. The number of sulfonamides is 1. The minimum atomic E-state index is -3.50. The first kappa shape index (κ1) is 18.7. The minimum Gasteiger partial charge on any atom is -0.464 e. The number of benzene rings is 2. The molecule has 0 unspecified atom stereocenters. The van der Waals surface area contributed by atoms with Gasteiger partial charge < -0.3 is 9.32 Å². The Balaban J connectivity index is 1.61. The van der Waals surface area contributed by atoms with Crippen LogP contribution in [0.2, 0.25) is 0 Å². The van der Waals surface area contributed by atoms with Crippen LogP contribution in [0.5, 0.6) is 0 Å². The first-order valence-corrected chi connectivity index (χ1v) is 10.6. The van der Waals surface area contributed by atoms with Crippen LogP contribution in [0.25, 0.3) is 11.0 Å². The summed E-state index contributed by atoms with van der Waals surface area (Å²) in [6.45, 7) is 4.59. The maximum Gasteiger partial charge on any atom is 0.240 e. The van der Waals surface area contributed by atoms with Crippen molar-refractivity contribution in [2.24, 2.45) is 0 Å². The van der Waals surface area contributed by atoms with Gasteiger partial charge in [0.15, 0.2) is 0 Å². The lowest BCUT2D eigenvalue weighted by Gasteiger charge is -2.17. The topological polar surface area (TPSA) is 79.6 Å². The molecule has 1 amide bonds. The van der Waals surface area contributed by atoms with Crippen LogP contribution in [0.15, 0.2) is 45.9 Å². The molecule has 0 fully saturated rings. The highest BCUT2D eigenvalue weighted by molar-refractivity contribution is 7.89. The Labute approximate surface area is 164 Å². The quantitative estimate of drug-likeness (QED) is 0.732. The highest BCUT2D eigenvalue weighted by atomic mass is 32.2. The summed E-state index contributed by atoms with van der Waals surface area (Å²) in [5, 5.41) is 0.964. The molecule has 1 aromatic heterocycles. The fourth-order valence-electron chi connectivity index (χ4n) is 3.71. The van der Waals surface area contributed by atoms with Gasteiger partial charge in [-0.05, 0) is 62.2 Å². The van der Waals surface area contributed by atoms with Crippen molar-refractivity contribution in [3.63, 3.8) is 0 Å². The van der Waals surface area contributed by atoms with Crippen molar-refractivity contribution in [1.29, 1.82) is 0 Å². The van der Waals surface area contributed by atoms with Gasteiger partial charge in [0, 0.05) is 23.2 Å². The van der Waals surface area contributed by atoms with Crippen molar-refractivity contribution in [2.45, 2.75) is 31.6 Å². The van der Waals surface area contributed by atoms with Crippen LogP contribution < -0.4 is 9.62 Å². The molecule has 4 rings (SSSR count). The summed E-state index contributed by atoms with van der Waals surface area (Å²) in [5.41, 5.74) is 5.58. The van der Waals surface area contributed by atoms with E-state index in [-0.39, 0.29) is 17.2 Å². The zero-order valence-electron chi connectivity index (χ0n) is 16.1. The van der Waals surface area contributed by atoms with Gasteiger partial charge in [-0.3, -0.25) is 4.79 Å². The molecule has 0 radical (unpaired) electrons. The van der Waals surface area contributed by atoms with Crippen molar-refractivity contribution in [3.8, 4) is 0 Å². The van der Waals surface area contributed by atoms with Gasteiger partial charge in [0.05, 0.1) is 17.6 Å². The summed E-state index contributed by atoms with van der Waals surface area (Å²) in [7, 11) is -2.11. The molecule has 0 bridgehead atoms. The number of carbonyl (C=O) groups is 1. The van der Waals surface area contributed by atoms with Crippen molar-refractivity contribution in [3.05, 3.63) is 58.8 Å². The maximum atomic E-state index is 13.0. The van der Waals surface area contributed by atoms with E-state index >= 15 is 0 Å². The van der Waals surface area contributed by atoms with E-state index in [9.17, 15) is 13.2 Å². The lowest BCUT2D eigenvalue weighted by molar-refractivity contribution is -0.117. The van der Waals surface area contributed by atoms with Crippen LogP contribution in [0.1, 0.15) is 22.3 Å². The minimum absolute atomic E-state index is 0.0242. The molecular weight excluding hydrogens is 376 g/mol. The normalized spacial score (nSPS) is 13.9. The Morgan fingerprint density at radius 1 is 1.21 bits per heavy atom. The number of furan rings is 1. The molecular formula is C21H22N2O4S. The number of fused-ring (bicyclic) bond motifs is 2. The fourth-order valence-corrected chi connectivity index (χ4v) is 4.49. The molecule has 0 saturated carbocycles. The molecule has 1 N–H and O–H groups in total. The van der Waals surface area contributed by atoms with Gasteiger partial charge in [0.2, 0.25) is 15.9 Å². The molecule has 1 aliphatic heterocycles. The highest BCUT2D eigenvalue weighted by Gasteiger charge is 2.27. The second kappa shape index (κ2) is 6.76. The van der Waals surface area contributed by atoms with Crippen LogP contribution in [0.3, 0.4) is 0 Å². The molecule has 0 atom stereocenters. The summed E-state index contributed by atoms with van der Waals surface area (Å²) >= 11 is 0. The Bertz CT molecular complexity index is 1190. The van der Waals surface area contributed by atoms with Crippen molar-refractivity contribution in [2.75, 3.05) is 18.5 Å². The van der Waals surface area contributed by atoms with E-state index in [0.717, 1.165) is 38.9 Å². The number of hydrogen-bond donors (Lipinski definition) is 1. The van der Waals surface area contributed by atoms with E-state index in [2.05, 4.69) is 4.72 Å². The summed E-state index contributed by atoms with van der Waals surface area (Å²) in [6, 6.07) is 8.93. The lowest BCUT2D eigenvalue weighted by Crippen LogP contribution is -2.30. The first-order chi connectivity index (χ1) is 13.3. The SMILES string of the molecule is CNS(=O)(=O)c1ccc2c(c1)CCN2C(=O)Cc1coc2c(C)c(C)ccc12. The molecule has 0 saturated heterocycles. The third-order valence-corrected chi connectivity index (χ3v) is 6.92. The third-order valence-electron chi connectivity index (χ3n) is 5.51. The summed E-state index contributed by atoms with van der Waals surface area (Å²) in [4.78, 5) is 14.9. The van der Waals surface area contributed by atoms with Gasteiger partial charge >= 0.3 is 0 Å². The molecule has 0 aliphatic carbocycles. The van der Waals surface area contributed by atoms with Gasteiger partial charge in [-0.25, -0.2) is 13.1 Å². The maximum absolute atomic E-state index is 13.0. The number of anilines is 1. The van der Waals surface area contributed by atoms with Crippen LogP contribution in [0, 0.1) is 13.8 Å². The Morgan fingerprint density at radius 3 is 2.75 bits per heavy atom. The Hall–Kier alpha value is -2.64. The molecule has 1 aliphatic rings. The summed E-state index contributed by atoms with van der Waals surface area (Å²) < 4.78 is 32.0. The number of carbonyl (C=O) groups excluding carboxylic acids is 1. The first-order valence-electron chi connectivity index (χ1n) is 9.15. The number of hydrogen-bond acceptors (Lipinski definition) is 4. The Morgan fingerprint density at radius 2 is 2.00 bits per heavy atom. The van der Waals surface area contributed by atoms with Crippen molar-refractivity contribution >= 4 is 32.6 Å². The largest absolute Gasteiger partial charge is 0.464 e. The monoisotopic (exact) mass is 398 g/mol. The summed E-state index contributed by atoms with van der Waals surface area (Å²) in [5.74, 6) is -0.0242. The van der Waals surface area contributed by atoms with Gasteiger partial charge in [-0.15, -0.1) is 0 Å². The average Bonchev–Trinajstić information content (AvgIpc) is 3.28. The molecule has 2 heterocycles. The van der Waals surface area contributed by atoms with E-state index in [1.54, 1.807) is 23.3 Å². The molecule has 6 nitrogen and oxygen atoms in total. The molecule has 146 valence electrons. The average molecular weight is 398 g/mol. The number of amides is 1. The molecule has 7 heteroatoms. The van der Waals surface area contributed by atoms with E-state index in [0.29, 0.717) is 13.0 Å². The Kier molecular flexibility index (Phi) is 4.51. The standard InChI is InChI=1S/C21H22N2O4S/c1-13-4-6-18-16(12-27-21(18)14(13)2)11-20(24)23-9-8-15-10-17(5-7-19(15)23)28(25,26)22-3/h4-7,10,12,22H,8-9,11H2,1-3H3.